The molecule has 0 aliphatic carbocycles. The van der Waals surface area contributed by atoms with Crippen molar-refractivity contribution < 1.29 is 22.7 Å². The van der Waals surface area contributed by atoms with E-state index in [2.05, 4.69) is 0 Å². The minimum atomic E-state index is -3.62. The lowest BCUT2D eigenvalue weighted by Crippen LogP contribution is -2.33. The van der Waals surface area contributed by atoms with Crippen molar-refractivity contribution >= 4 is 39.0 Å². The van der Waals surface area contributed by atoms with Crippen molar-refractivity contribution in [3.8, 4) is 0 Å². The highest BCUT2D eigenvalue weighted by Gasteiger charge is 2.25. The van der Waals surface area contributed by atoms with E-state index >= 15 is 0 Å². The maximum atomic E-state index is 12.3. The number of rotatable bonds is 6. The van der Waals surface area contributed by atoms with Crippen molar-refractivity contribution in [2.75, 3.05) is 23.8 Å². The predicted octanol–water partition coefficient (Wildman–Crippen LogP) is 2.64. The van der Waals surface area contributed by atoms with Crippen LogP contribution in [0, 0.1) is 0 Å². The van der Waals surface area contributed by atoms with Gasteiger partial charge in [0.1, 0.15) is 0 Å². The summed E-state index contributed by atoms with van der Waals surface area (Å²) in [6, 6.07) is 13.3. The Bertz CT molecular complexity index is 956. The molecule has 8 heteroatoms. The number of halogens is 1. The van der Waals surface area contributed by atoms with E-state index in [1.165, 1.54) is 24.3 Å². The largest absolute Gasteiger partial charge is 0.456 e. The van der Waals surface area contributed by atoms with Crippen LogP contribution in [0.3, 0.4) is 0 Å². The van der Waals surface area contributed by atoms with Gasteiger partial charge in [0.15, 0.2) is 16.4 Å². The molecule has 142 valence electrons. The molecular weight excluding hydrogens is 390 g/mol. The van der Waals surface area contributed by atoms with Crippen LogP contribution in [0.15, 0.2) is 53.4 Å². The molecule has 0 fully saturated rings. The normalized spacial score (nSPS) is 13.3. The quantitative estimate of drug-likeness (QED) is 0.687. The number of benzene rings is 2. The second-order valence-corrected chi connectivity index (χ2v) is 8.65. The summed E-state index contributed by atoms with van der Waals surface area (Å²) in [5.41, 5.74) is 1.90. The molecule has 0 unspecified atom stereocenters. The summed E-state index contributed by atoms with van der Waals surface area (Å²) >= 11 is 5.74. The topological polar surface area (TPSA) is 80.7 Å². The van der Waals surface area contributed by atoms with Gasteiger partial charge in [-0.05, 0) is 42.3 Å². The lowest BCUT2D eigenvalue weighted by atomic mass is 10.2. The molecule has 27 heavy (non-hydrogen) atoms. The monoisotopic (exact) mass is 407 g/mol. The second kappa shape index (κ2) is 8.10. The van der Waals surface area contributed by atoms with Gasteiger partial charge in [-0.2, -0.15) is 0 Å². The Kier molecular flexibility index (Phi) is 5.82. The number of nitrogens with zero attached hydrogens (tertiary/aromatic N) is 1. The molecule has 1 aliphatic rings. The number of hydrogen-bond acceptors (Lipinski definition) is 5. The van der Waals surface area contributed by atoms with E-state index in [4.69, 9.17) is 16.3 Å². The third-order valence-corrected chi connectivity index (χ3v) is 6.28. The lowest BCUT2D eigenvalue weighted by molar-refractivity contribution is -0.147. The van der Waals surface area contributed by atoms with Gasteiger partial charge in [-0.15, -0.1) is 0 Å². The molecule has 0 bridgehead atoms. The highest BCUT2D eigenvalue weighted by atomic mass is 35.5. The molecule has 0 saturated heterocycles. The molecule has 3 rings (SSSR count). The van der Waals surface area contributed by atoms with Crippen LogP contribution in [0.1, 0.15) is 12.0 Å². The maximum absolute atomic E-state index is 12.3. The number of hydrogen-bond donors (Lipinski definition) is 0. The third kappa shape index (κ3) is 4.67. The highest BCUT2D eigenvalue weighted by Crippen LogP contribution is 2.27. The zero-order valence-electron chi connectivity index (χ0n) is 14.4. The van der Waals surface area contributed by atoms with Crippen LogP contribution in [0.25, 0.3) is 0 Å². The Morgan fingerprint density at radius 2 is 1.78 bits per heavy atom. The van der Waals surface area contributed by atoms with E-state index in [9.17, 15) is 18.0 Å². The lowest BCUT2D eigenvalue weighted by Gasteiger charge is -2.17. The number of ether oxygens (including phenoxy) is 1. The first kappa shape index (κ1) is 19.4. The van der Waals surface area contributed by atoms with E-state index < -0.39 is 28.2 Å². The summed E-state index contributed by atoms with van der Waals surface area (Å²) in [5.74, 6) is -1.45. The van der Waals surface area contributed by atoms with Crippen molar-refractivity contribution in [1.29, 1.82) is 0 Å². The number of anilines is 1. The van der Waals surface area contributed by atoms with Gasteiger partial charge in [-0.3, -0.25) is 9.59 Å². The van der Waals surface area contributed by atoms with E-state index in [0.717, 1.165) is 17.7 Å². The Balaban J connectivity index is 1.50. The number of para-hydroxylation sites is 1. The average molecular weight is 408 g/mol. The standard InChI is InChI=1S/C19H18ClNO5S/c20-15-5-7-16(8-6-15)27(24,25)12-10-19(23)26-13-18(22)21-11-9-14-3-1-2-4-17(14)21/h1-8H,9-13H2. The second-order valence-electron chi connectivity index (χ2n) is 6.11. The van der Waals surface area contributed by atoms with E-state index in [0.29, 0.717) is 11.6 Å². The number of amides is 1. The van der Waals surface area contributed by atoms with Crippen LogP contribution >= 0.6 is 11.6 Å². The van der Waals surface area contributed by atoms with Crippen molar-refractivity contribution in [3.63, 3.8) is 0 Å². The minimum absolute atomic E-state index is 0.0875. The van der Waals surface area contributed by atoms with Gasteiger partial charge in [-0.25, -0.2) is 8.42 Å². The molecule has 0 N–H and O–H groups in total. The molecule has 1 amide bonds. The average Bonchev–Trinajstić information content (AvgIpc) is 3.09. The van der Waals surface area contributed by atoms with Gasteiger partial charge >= 0.3 is 5.97 Å². The van der Waals surface area contributed by atoms with Crippen molar-refractivity contribution in [2.45, 2.75) is 17.7 Å². The van der Waals surface area contributed by atoms with E-state index in [1.54, 1.807) is 4.90 Å². The van der Waals surface area contributed by atoms with Crippen LogP contribution in [-0.2, 0) is 30.6 Å². The highest BCUT2D eigenvalue weighted by molar-refractivity contribution is 7.91. The van der Waals surface area contributed by atoms with Crippen LogP contribution < -0.4 is 4.90 Å². The van der Waals surface area contributed by atoms with Crippen LogP contribution in [0.2, 0.25) is 5.02 Å². The molecule has 0 atom stereocenters. The summed E-state index contributed by atoms with van der Waals surface area (Å²) in [7, 11) is -3.62. The number of esters is 1. The van der Waals surface area contributed by atoms with Gasteiger partial charge in [0.2, 0.25) is 0 Å². The Hall–Kier alpha value is -2.38. The maximum Gasteiger partial charge on any atom is 0.307 e. The van der Waals surface area contributed by atoms with Gasteiger partial charge in [0.05, 0.1) is 17.1 Å². The summed E-state index contributed by atoms with van der Waals surface area (Å²) in [6.07, 6.45) is 0.435. The van der Waals surface area contributed by atoms with Crippen molar-refractivity contribution in [3.05, 3.63) is 59.1 Å². The Morgan fingerprint density at radius 1 is 1.07 bits per heavy atom. The number of carbonyl (C=O) groups excluding carboxylic acids is 2. The zero-order valence-corrected chi connectivity index (χ0v) is 16.0. The van der Waals surface area contributed by atoms with Crippen LogP contribution in [-0.4, -0.2) is 39.2 Å². The van der Waals surface area contributed by atoms with Gasteiger partial charge in [0, 0.05) is 17.3 Å². The van der Waals surface area contributed by atoms with Gasteiger partial charge < -0.3 is 9.64 Å². The molecule has 1 aliphatic heterocycles. The van der Waals surface area contributed by atoms with Crippen LogP contribution in [0.4, 0.5) is 5.69 Å². The molecule has 0 aromatic heterocycles. The zero-order chi connectivity index (χ0) is 19.4. The summed E-state index contributed by atoms with van der Waals surface area (Å²) in [5, 5.41) is 0.426. The fraction of sp³-hybridized carbons (Fsp3) is 0.263. The summed E-state index contributed by atoms with van der Waals surface area (Å²) in [6.45, 7) is 0.134. The fourth-order valence-electron chi connectivity index (χ4n) is 2.87. The molecule has 0 radical (unpaired) electrons. The molecule has 0 saturated carbocycles. The molecule has 2 aromatic rings. The Labute approximate surface area is 162 Å². The van der Waals surface area contributed by atoms with Crippen molar-refractivity contribution in [2.24, 2.45) is 0 Å². The number of sulfone groups is 1. The predicted molar refractivity (Wildman–Crippen MR) is 102 cm³/mol. The van der Waals surface area contributed by atoms with Crippen molar-refractivity contribution in [1.82, 2.24) is 0 Å². The molecule has 2 aromatic carbocycles. The first-order valence-electron chi connectivity index (χ1n) is 8.39. The first-order chi connectivity index (χ1) is 12.9. The molecular formula is C19H18ClNO5S. The molecule has 0 spiro atoms. The fourth-order valence-corrected chi connectivity index (χ4v) is 4.21. The van der Waals surface area contributed by atoms with E-state index in [1.807, 2.05) is 24.3 Å². The summed E-state index contributed by atoms with van der Waals surface area (Å²) < 4.78 is 29.4. The van der Waals surface area contributed by atoms with Gasteiger partial charge in [-0.1, -0.05) is 29.8 Å². The molecule has 6 nitrogen and oxygen atoms in total. The molecule has 1 heterocycles. The summed E-state index contributed by atoms with van der Waals surface area (Å²) in [4.78, 5) is 25.8. The SMILES string of the molecule is O=C(CCS(=O)(=O)c1ccc(Cl)cc1)OCC(=O)N1CCc2ccccc21. The first-order valence-corrected chi connectivity index (χ1v) is 10.4. The number of fused-ring (bicyclic) bond motifs is 1. The minimum Gasteiger partial charge on any atom is -0.456 e. The number of carbonyl (C=O) groups is 2. The van der Waals surface area contributed by atoms with E-state index in [-0.39, 0.29) is 17.2 Å². The van der Waals surface area contributed by atoms with Crippen LogP contribution in [0.5, 0.6) is 0 Å². The van der Waals surface area contributed by atoms with Gasteiger partial charge in [0.25, 0.3) is 5.91 Å². The Morgan fingerprint density at radius 3 is 2.52 bits per heavy atom. The smallest absolute Gasteiger partial charge is 0.307 e. The third-order valence-electron chi connectivity index (χ3n) is 4.29.